The summed E-state index contributed by atoms with van der Waals surface area (Å²) in [5, 5.41) is 0. The lowest BCUT2D eigenvalue weighted by Gasteiger charge is -2.19. The third-order valence-electron chi connectivity index (χ3n) is 2.50. The second kappa shape index (κ2) is 6.60. The fraction of sp³-hybridized carbons (Fsp3) is 0.455. The van der Waals surface area contributed by atoms with E-state index in [1.54, 1.807) is 19.9 Å². The number of halogens is 2. The summed E-state index contributed by atoms with van der Waals surface area (Å²) in [4.78, 5) is 0. The summed E-state index contributed by atoms with van der Waals surface area (Å²) in [7, 11) is -3.51. The number of hydrogen-bond donors (Lipinski definition) is 1. The van der Waals surface area contributed by atoms with E-state index in [0.29, 0.717) is 23.1 Å². The third kappa shape index (κ3) is 4.01. The Bertz CT molecular complexity index is 504. The van der Waals surface area contributed by atoms with Crippen molar-refractivity contribution >= 4 is 26.1 Å². The summed E-state index contributed by atoms with van der Waals surface area (Å²) in [6.07, 6.45) is 0. The first kappa shape index (κ1) is 15.6. The molecule has 0 atom stereocenters. The Labute approximate surface area is 115 Å². The van der Waals surface area contributed by atoms with Crippen LogP contribution >= 0.6 is 15.9 Å². The maximum Gasteiger partial charge on any atom is 0.279 e. The van der Waals surface area contributed by atoms with E-state index < -0.39 is 16.0 Å². The molecule has 0 saturated heterocycles. The van der Waals surface area contributed by atoms with Crippen LogP contribution in [0.15, 0.2) is 22.7 Å². The maximum absolute atomic E-state index is 13.0. The van der Waals surface area contributed by atoms with Crippen LogP contribution in [-0.2, 0) is 16.8 Å². The molecule has 0 aromatic heterocycles. The lowest BCUT2D eigenvalue weighted by atomic mass is 10.2. The molecule has 4 nitrogen and oxygen atoms in total. The van der Waals surface area contributed by atoms with Crippen LogP contribution in [0.3, 0.4) is 0 Å². The van der Waals surface area contributed by atoms with E-state index in [4.69, 9.17) is 0 Å². The first-order chi connectivity index (χ1) is 8.40. The molecule has 0 spiro atoms. The zero-order valence-corrected chi connectivity index (χ0v) is 12.7. The molecule has 0 fully saturated rings. The van der Waals surface area contributed by atoms with Crippen molar-refractivity contribution in [3.63, 3.8) is 0 Å². The topological polar surface area (TPSA) is 49.4 Å². The molecule has 102 valence electrons. The molecule has 7 heteroatoms. The van der Waals surface area contributed by atoms with Crippen molar-refractivity contribution in [2.45, 2.75) is 20.4 Å². The summed E-state index contributed by atoms with van der Waals surface area (Å²) < 4.78 is 41.2. The molecule has 1 aromatic carbocycles. The Morgan fingerprint density at radius 3 is 2.50 bits per heavy atom. The van der Waals surface area contributed by atoms with Crippen LogP contribution in [0.25, 0.3) is 0 Å². The van der Waals surface area contributed by atoms with Crippen LogP contribution in [0.2, 0.25) is 0 Å². The number of rotatable bonds is 6. The number of benzene rings is 1. The van der Waals surface area contributed by atoms with Gasteiger partial charge in [-0.1, -0.05) is 29.8 Å². The van der Waals surface area contributed by atoms with E-state index in [1.807, 2.05) is 0 Å². The zero-order chi connectivity index (χ0) is 13.8. The van der Waals surface area contributed by atoms with E-state index in [1.165, 1.54) is 16.4 Å². The first-order valence-electron chi connectivity index (χ1n) is 5.59. The Balaban J connectivity index is 2.79. The second-order valence-electron chi connectivity index (χ2n) is 3.65. The smallest absolute Gasteiger partial charge is 0.207 e. The second-order valence-corrected chi connectivity index (χ2v) is 6.26. The molecule has 1 rings (SSSR count). The van der Waals surface area contributed by atoms with E-state index in [-0.39, 0.29) is 6.54 Å². The lowest BCUT2D eigenvalue weighted by Crippen LogP contribution is -2.40. The molecule has 0 unspecified atom stereocenters. The van der Waals surface area contributed by atoms with Gasteiger partial charge in [0.25, 0.3) is 10.2 Å². The number of hydrogen-bond acceptors (Lipinski definition) is 2. The van der Waals surface area contributed by atoms with E-state index in [2.05, 4.69) is 20.7 Å². The summed E-state index contributed by atoms with van der Waals surface area (Å²) in [6, 6.07) is 4.16. The molecular formula is C11H16BrFN2O2S. The molecule has 0 aliphatic carbocycles. The average Bonchev–Trinajstić information content (AvgIpc) is 2.31. The molecule has 0 aliphatic heterocycles. The van der Waals surface area contributed by atoms with Crippen LogP contribution in [0.1, 0.15) is 19.4 Å². The monoisotopic (exact) mass is 338 g/mol. The van der Waals surface area contributed by atoms with Crippen molar-refractivity contribution in [1.82, 2.24) is 9.03 Å². The Morgan fingerprint density at radius 2 is 1.94 bits per heavy atom. The Kier molecular flexibility index (Phi) is 5.71. The predicted octanol–water partition coefficient (Wildman–Crippen LogP) is 2.26. The first-order valence-corrected chi connectivity index (χ1v) is 7.82. The third-order valence-corrected chi connectivity index (χ3v) is 4.98. The van der Waals surface area contributed by atoms with Crippen LogP contribution in [0.4, 0.5) is 4.39 Å². The van der Waals surface area contributed by atoms with Gasteiger partial charge in [-0.2, -0.15) is 17.4 Å². The van der Waals surface area contributed by atoms with Gasteiger partial charge in [-0.05, 0) is 23.8 Å². The minimum atomic E-state index is -3.51. The van der Waals surface area contributed by atoms with Crippen LogP contribution in [0, 0.1) is 5.82 Å². The summed E-state index contributed by atoms with van der Waals surface area (Å²) >= 11 is 3.25. The lowest BCUT2D eigenvalue weighted by molar-refractivity contribution is 0.434. The molecule has 1 N–H and O–H groups in total. The molecule has 18 heavy (non-hydrogen) atoms. The normalized spacial score (nSPS) is 12.1. The van der Waals surface area contributed by atoms with Crippen molar-refractivity contribution in [2.24, 2.45) is 0 Å². The average molecular weight is 339 g/mol. The number of nitrogens with zero attached hydrogens (tertiary/aromatic N) is 1. The van der Waals surface area contributed by atoms with Gasteiger partial charge >= 0.3 is 0 Å². The van der Waals surface area contributed by atoms with Crippen molar-refractivity contribution in [2.75, 3.05) is 13.1 Å². The molecule has 0 aliphatic rings. The number of nitrogens with one attached hydrogen (secondary N) is 1. The largest absolute Gasteiger partial charge is 0.279 e. The van der Waals surface area contributed by atoms with Crippen molar-refractivity contribution in [3.8, 4) is 0 Å². The van der Waals surface area contributed by atoms with Gasteiger partial charge in [0.1, 0.15) is 5.82 Å². The van der Waals surface area contributed by atoms with Gasteiger partial charge in [0.2, 0.25) is 0 Å². The highest BCUT2D eigenvalue weighted by Gasteiger charge is 2.18. The summed E-state index contributed by atoms with van der Waals surface area (Å²) in [5.74, 6) is -0.393. The van der Waals surface area contributed by atoms with Gasteiger partial charge in [-0.25, -0.2) is 4.39 Å². The van der Waals surface area contributed by atoms with Crippen molar-refractivity contribution in [1.29, 1.82) is 0 Å². The minimum absolute atomic E-state index is 0.0528. The molecule has 0 bridgehead atoms. The molecular weight excluding hydrogens is 323 g/mol. The van der Waals surface area contributed by atoms with Crippen LogP contribution in [0.5, 0.6) is 0 Å². The standard InChI is InChI=1S/C11H16BrFN2O2S/c1-3-15(4-2)18(16,17)14-8-9-7-10(13)5-6-11(9)12/h5-7,14H,3-4,8H2,1-2H3. The van der Waals surface area contributed by atoms with Gasteiger partial charge in [0.15, 0.2) is 0 Å². The minimum Gasteiger partial charge on any atom is -0.207 e. The zero-order valence-electron chi connectivity index (χ0n) is 10.3. The quantitative estimate of drug-likeness (QED) is 0.864. The molecule has 0 radical (unpaired) electrons. The van der Waals surface area contributed by atoms with Crippen molar-refractivity contribution < 1.29 is 12.8 Å². The van der Waals surface area contributed by atoms with Gasteiger partial charge < -0.3 is 0 Å². The maximum atomic E-state index is 13.0. The Morgan fingerprint density at radius 1 is 1.33 bits per heavy atom. The van der Waals surface area contributed by atoms with Crippen LogP contribution in [-0.4, -0.2) is 25.8 Å². The summed E-state index contributed by atoms with van der Waals surface area (Å²) in [5.41, 5.74) is 0.561. The molecule has 0 heterocycles. The SMILES string of the molecule is CCN(CC)S(=O)(=O)NCc1cc(F)ccc1Br. The highest BCUT2D eigenvalue weighted by atomic mass is 79.9. The van der Waals surface area contributed by atoms with Gasteiger partial charge in [-0.15, -0.1) is 0 Å². The highest BCUT2D eigenvalue weighted by molar-refractivity contribution is 9.10. The highest BCUT2D eigenvalue weighted by Crippen LogP contribution is 2.17. The fourth-order valence-corrected chi connectivity index (χ4v) is 3.09. The van der Waals surface area contributed by atoms with Crippen LogP contribution < -0.4 is 4.72 Å². The van der Waals surface area contributed by atoms with Gasteiger partial charge in [0.05, 0.1) is 0 Å². The predicted molar refractivity (Wildman–Crippen MR) is 72.8 cm³/mol. The van der Waals surface area contributed by atoms with Gasteiger partial charge in [-0.3, -0.25) is 0 Å². The van der Waals surface area contributed by atoms with E-state index in [0.717, 1.165) is 0 Å². The molecule has 0 amide bonds. The van der Waals surface area contributed by atoms with E-state index in [9.17, 15) is 12.8 Å². The van der Waals surface area contributed by atoms with Gasteiger partial charge in [0, 0.05) is 24.1 Å². The molecule has 1 aromatic rings. The molecule has 0 saturated carbocycles. The fourth-order valence-electron chi connectivity index (χ4n) is 1.50. The summed E-state index contributed by atoms with van der Waals surface area (Å²) in [6.45, 7) is 4.38. The van der Waals surface area contributed by atoms with Crippen molar-refractivity contribution in [3.05, 3.63) is 34.1 Å². The Hall–Kier alpha value is -0.500. The van der Waals surface area contributed by atoms with E-state index >= 15 is 0 Å².